The largest absolute Gasteiger partial charge is 0.463 e. The van der Waals surface area contributed by atoms with Gasteiger partial charge in [-0.05, 0) is 51.4 Å². The van der Waals surface area contributed by atoms with Crippen molar-refractivity contribution in [1.82, 2.24) is 0 Å². The van der Waals surface area contributed by atoms with Crippen molar-refractivity contribution >= 4 is 12.4 Å². The molecule has 0 bridgehead atoms. The summed E-state index contributed by atoms with van der Waals surface area (Å²) in [6, 6.07) is 0. The second-order valence-electron chi connectivity index (χ2n) is 11.9. The first-order valence-corrected chi connectivity index (χ1v) is 10.1. The Bertz CT molecular complexity index is 507. The molecule has 0 rings (SSSR count). The maximum absolute atomic E-state index is 13.0. The van der Waals surface area contributed by atoms with Crippen molar-refractivity contribution in [2.24, 2.45) is 21.7 Å². The van der Waals surface area contributed by atoms with Crippen LogP contribution in [0.5, 0.6) is 0 Å². The minimum absolute atomic E-state index is 0.113. The van der Waals surface area contributed by atoms with Gasteiger partial charge in [-0.15, -0.1) is 0 Å². The zero-order valence-electron chi connectivity index (χ0n) is 19.9. The molecule has 0 radical (unpaired) electrons. The van der Waals surface area contributed by atoms with E-state index < -0.39 is 11.0 Å². The molecule has 0 fully saturated rings. The van der Waals surface area contributed by atoms with Crippen LogP contribution >= 0.6 is 0 Å². The van der Waals surface area contributed by atoms with Gasteiger partial charge in [0.15, 0.2) is 0 Å². The third-order valence-corrected chi connectivity index (χ3v) is 5.37. The minimum atomic E-state index is -0.688. The summed E-state index contributed by atoms with van der Waals surface area (Å²) < 4.78 is 11.4. The summed E-state index contributed by atoms with van der Waals surface area (Å²) in [6.45, 7) is 25.1. The molecule has 0 saturated carbocycles. The van der Waals surface area contributed by atoms with Gasteiger partial charge in [-0.1, -0.05) is 61.8 Å². The molecular weight excluding hydrogens is 340 g/mol. The average Bonchev–Trinajstić information content (AvgIpc) is 2.40. The quantitative estimate of drug-likeness (QED) is 0.334. The summed E-state index contributed by atoms with van der Waals surface area (Å²) in [5.41, 5.74) is -1.71. The molecule has 0 aliphatic rings. The molecule has 0 amide bonds. The molecule has 0 aromatic heterocycles. The van der Waals surface area contributed by atoms with E-state index in [2.05, 4.69) is 20.8 Å². The lowest BCUT2D eigenvalue weighted by atomic mass is 9.65. The van der Waals surface area contributed by atoms with E-state index in [0.29, 0.717) is 12.9 Å². The van der Waals surface area contributed by atoms with E-state index in [-0.39, 0.29) is 28.3 Å². The predicted molar refractivity (Wildman–Crippen MR) is 111 cm³/mol. The summed E-state index contributed by atoms with van der Waals surface area (Å²) in [6.07, 6.45) is 2.09. The molecule has 0 aromatic carbocycles. The Kier molecular flexibility index (Phi) is 8.19. The second kappa shape index (κ2) is 8.53. The fraction of sp³-hybridized carbons (Fsp3) is 0.913. The van der Waals surface area contributed by atoms with Crippen molar-refractivity contribution in [3.8, 4) is 0 Å². The summed E-state index contributed by atoms with van der Waals surface area (Å²) in [5.74, 6) is -0.203. The molecule has 4 nitrogen and oxygen atoms in total. The van der Waals surface area contributed by atoms with Gasteiger partial charge in [-0.25, -0.2) is 0 Å². The first-order chi connectivity index (χ1) is 11.8. The molecular formula is C23H44O4. The highest BCUT2D eigenvalue weighted by Gasteiger charge is 2.46. The van der Waals surface area contributed by atoms with Crippen LogP contribution in [0, 0.1) is 21.7 Å². The number of hydrogen-bond acceptors (Lipinski definition) is 4. The molecule has 1 unspecified atom stereocenters. The molecule has 0 aromatic rings. The van der Waals surface area contributed by atoms with Crippen LogP contribution in [0.1, 0.15) is 102 Å². The summed E-state index contributed by atoms with van der Waals surface area (Å²) >= 11 is 0. The van der Waals surface area contributed by atoms with Crippen molar-refractivity contribution in [2.45, 2.75) is 114 Å². The zero-order chi connectivity index (χ0) is 21.9. The van der Waals surface area contributed by atoms with Crippen molar-refractivity contribution in [1.29, 1.82) is 0 Å². The van der Waals surface area contributed by atoms with E-state index in [1.165, 1.54) is 0 Å². The summed E-state index contributed by atoms with van der Waals surface area (Å²) in [7, 11) is 0. The molecule has 0 N–H and O–H groups in total. The molecule has 1 atom stereocenters. The Balaban J connectivity index is 5.38. The second-order valence-corrected chi connectivity index (χ2v) is 11.9. The Hall–Kier alpha value is -1.06. The normalized spacial score (nSPS) is 15.3. The Morgan fingerprint density at radius 2 is 1.37 bits per heavy atom. The highest BCUT2D eigenvalue weighted by molar-refractivity contribution is 5.76. The first kappa shape index (κ1) is 25.9. The van der Waals surface area contributed by atoms with Gasteiger partial charge in [-0.3, -0.25) is 9.59 Å². The molecule has 27 heavy (non-hydrogen) atoms. The van der Waals surface area contributed by atoms with Gasteiger partial charge in [0.25, 0.3) is 6.47 Å². The van der Waals surface area contributed by atoms with Gasteiger partial charge in [0.1, 0.15) is 11.7 Å². The summed E-state index contributed by atoms with van der Waals surface area (Å²) in [5, 5.41) is 0. The monoisotopic (exact) mass is 384 g/mol. The maximum Gasteiger partial charge on any atom is 0.312 e. The third kappa shape index (κ3) is 8.23. The maximum atomic E-state index is 13.0. The zero-order valence-corrected chi connectivity index (χ0v) is 19.9. The molecule has 0 aliphatic carbocycles. The number of ether oxygens (including phenoxy) is 2. The predicted octanol–water partition coefficient (Wildman–Crippen LogP) is 6.16. The van der Waals surface area contributed by atoms with Crippen LogP contribution in [0.15, 0.2) is 0 Å². The number of carbonyl (C=O) groups is 2. The Morgan fingerprint density at radius 3 is 1.74 bits per heavy atom. The van der Waals surface area contributed by atoms with E-state index in [0.717, 1.165) is 12.8 Å². The highest BCUT2D eigenvalue weighted by atomic mass is 16.6. The highest BCUT2D eigenvalue weighted by Crippen LogP contribution is 2.45. The third-order valence-electron chi connectivity index (χ3n) is 5.37. The van der Waals surface area contributed by atoms with Crippen molar-refractivity contribution in [2.75, 3.05) is 0 Å². The van der Waals surface area contributed by atoms with Crippen LogP contribution < -0.4 is 0 Å². The van der Waals surface area contributed by atoms with Crippen LogP contribution in [0.4, 0.5) is 0 Å². The topological polar surface area (TPSA) is 52.6 Å². The van der Waals surface area contributed by atoms with Crippen LogP contribution in [0.2, 0.25) is 0 Å². The van der Waals surface area contributed by atoms with Crippen LogP contribution in [-0.4, -0.2) is 24.1 Å². The molecule has 0 heterocycles. The van der Waals surface area contributed by atoms with Gasteiger partial charge in [0.05, 0.1) is 5.41 Å². The van der Waals surface area contributed by atoms with Crippen LogP contribution in [-0.2, 0) is 19.1 Å². The van der Waals surface area contributed by atoms with Crippen molar-refractivity contribution in [3.05, 3.63) is 0 Å². The standard InChI is InChI=1S/C23H44O4/c1-13-20(5,6)14-23(11,12)27-18(25)22(9,10)15-21(7,8)17(26-16-24)19(2,3)4/h16-17H,13-15H2,1-12H3. The van der Waals surface area contributed by atoms with E-state index in [1.54, 1.807) is 0 Å². The van der Waals surface area contributed by atoms with Crippen LogP contribution in [0.3, 0.4) is 0 Å². The molecule has 0 spiro atoms. The lowest BCUT2D eigenvalue weighted by Gasteiger charge is -2.44. The fourth-order valence-corrected chi connectivity index (χ4v) is 4.62. The van der Waals surface area contributed by atoms with Crippen molar-refractivity contribution in [3.63, 3.8) is 0 Å². The molecule has 4 heteroatoms. The average molecular weight is 385 g/mol. The summed E-state index contributed by atoms with van der Waals surface area (Å²) in [4.78, 5) is 24.1. The number of hydrogen-bond donors (Lipinski definition) is 0. The Morgan fingerprint density at radius 1 is 0.889 bits per heavy atom. The van der Waals surface area contributed by atoms with E-state index in [9.17, 15) is 9.59 Å². The van der Waals surface area contributed by atoms with Crippen molar-refractivity contribution < 1.29 is 19.1 Å². The first-order valence-electron chi connectivity index (χ1n) is 10.1. The van der Waals surface area contributed by atoms with Gasteiger partial charge < -0.3 is 9.47 Å². The lowest BCUT2D eigenvalue weighted by Crippen LogP contribution is -2.47. The van der Waals surface area contributed by atoms with E-state index in [4.69, 9.17) is 9.47 Å². The smallest absolute Gasteiger partial charge is 0.312 e. The van der Waals surface area contributed by atoms with Gasteiger partial charge >= 0.3 is 5.97 Å². The molecule has 0 saturated heterocycles. The number of rotatable bonds is 10. The Labute approximate surface area is 167 Å². The van der Waals surface area contributed by atoms with E-state index in [1.807, 2.05) is 62.3 Å². The van der Waals surface area contributed by atoms with Gasteiger partial charge in [-0.2, -0.15) is 0 Å². The molecule has 0 aliphatic heterocycles. The number of carbonyl (C=O) groups excluding carboxylic acids is 2. The SMILES string of the molecule is CCC(C)(C)CC(C)(C)OC(=O)C(C)(C)CC(C)(C)C(OC=O)C(C)(C)C. The van der Waals surface area contributed by atoms with Gasteiger partial charge in [0.2, 0.25) is 0 Å². The molecule has 160 valence electrons. The van der Waals surface area contributed by atoms with Crippen LogP contribution in [0.25, 0.3) is 0 Å². The fourth-order valence-electron chi connectivity index (χ4n) is 4.62. The lowest BCUT2D eigenvalue weighted by molar-refractivity contribution is -0.175. The van der Waals surface area contributed by atoms with Gasteiger partial charge in [0, 0.05) is 5.41 Å². The minimum Gasteiger partial charge on any atom is -0.463 e. The van der Waals surface area contributed by atoms with E-state index >= 15 is 0 Å². The number of esters is 1.